The second kappa shape index (κ2) is 8.82. The Balaban J connectivity index is 1.59. The van der Waals surface area contributed by atoms with Crippen molar-refractivity contribution in [2.24, 2.45) is 40.2 Å². The number of aliphatic hydroxyl groups excluding tert-OH is 2. The number of nitrogens with two attached hydrogens (primary N) is 1. The lowest BCUT2D eigenvalue weighted by atomic mass is 9.50. The monoisotopic (exact) mass is 420 g/mol. The van der Waals surface area contributed by atoms with Crippen molar-refractivity contribution in [1.82, 2.24) is 4.90 Å². The number of hydrogen-bond acceptors (Lipinski definition) is 5. The normalized spacial score (nSPS) is 48.0. The average molecular weight is 421 g/mol. The Morgan fingerprint density at radius 1 is 1.10 bits per heavy atom. The van der Waals surface area contributed by atoms with Crippen molar-refractivity contribution >= 4 is 0 Å². The van der Waals surface area contributed by atoms with Crippen LogP contribution >= 0.6 is 0 Å². The molecule has 0 aromatic heterocycles. The molecule has 5 heteroatoms. The molecule has 1 aliphatic heterocycles. The zero-order valence-corrected chi connectivity index (χ0v) is 19.2. The van der Waals surface area contributed by atoms with Crippen LogP contribution in [0.15, 0.2) is 12.2 Å². The van der Waals surface area contributed by atoms with Crippen molar-refractivity contribution in [1.29, 1.82) is 0 Å². The summed E-state index contributed by atoms with van der Waals surface area (Å²) in [5.41, 5.74) is 7.63. The Morgan fingerprint density at radius 3 is 2.50 bits per heavy atom. The third-order valence-corrected chi connectivity index (χ3v) is 9.88. The van der Waals surface area contributed by atoms with Crippen LogP contribution in [0.3, 0.4) is 0 Å². The van der Waals surface area contributed by atoms with Gasteiger partial charge in [-0.2, -0.15) is 0 Å². The van der Waals surface area contributed by atoms with E-state index >= 15 is 0 Å². The molecule has 30 heavy (non-hydrogen) atoms. The van der Waals surface area contributed by atoms with E-state index < -0.39 is 6.10 Å². The van der Waals surface area contributed by atoms with Gasteiger partial charge < -0.3 is 20.7 Å². The first-order valence-corrected chi connectivity index (χ1v) is 12.3. The van der Waals surface area contributed by atoms with Crippen molar-refractivity contribution in [3.63, 3.8) is 0 Å². The molecule has 0 amide bonds. The number of rotatable bonds is 5. The SMILES string of the molecule is C=C1C(CN)CC2[C@H](CCN3CCOCC3)C(C3(C)CCC(O)CC3O)CCC12C. The smallest absolute Gasteiger partial charge is 0.0621 e. The fourth-order valence-electron chi connectivity index (χ4n) is 7.69. The van der Waals surface area contributed by atoms with Crippen molar-refractivity contribution in [2.45, 2.75) is 71.0 Å². The molecule has 0 aromatic carbocycles. The molecule has 4 rings (SSSR count). The molecule has 4 aliphatic rings. The maximum Gasteiger partial charge on any atom is 0.0621 e. The quantitative estimate of drug-likeness (QED) is 0.596. The van der Waals surface area contributed by atoms with E-state index in [1.165, 1.54) is 12.0 Å². The zero-order valence-electron chi connectivity index (χ0n) is 19.2. The van der Waals surface area contributed by atoms with Crippen LogP contribution in [0.25, 0.3) is 0 Å². The van der Waals surface area contributed by atoms with Crippen molar-refractivity contribution in [3.8, 4) is 0 Å². The fraction of sp³-hybridized carbons (Fsp3) is 0.920. The number of ether oxygens (including phenoxy) is 1. The van der Waals surface area contributed by atoms with Crippen molar-refractivity contribution in [2.75, 3.05) is 39.4 Å². The summed E-state index contributed by atoms with van der Waals surface area (Å²) < 4.78 is 5.55. The molecule has 1 saturated heterocycles. The van der Waals surface area contributed by atoms with E-state index in [9.17, 15) is 10.2 Å². The summed E-state index contributed by atoms with van der Waals surface area (Å²) in [5, 5.41) is 21.3. The maximum atomic E-state index is 11.1. The topological polar surface area (TPSA) is 79.0 Å². The van der Waals surface area contributed by atoms with Gasteiger partial charge in [0.2, 0.25) is 0 Å². The van der Waals surface area contributed by atoms with Crippen molar-refractivity contribution in [3.05, 3.63) is 12.2 Å². The summed E-state index contributed by atoms with van der Waals surface area (Å²) in [5.74, 6) is 2.13. The molecule has 0 bridgehead atoms. The van der Waals surface area contributed by atoms with E-state index in [4.69, 9.17) is 10.5 Å². The zero-order chi connectivity index (χ0) is 21.5. The van der Waals surface area contributed by atoms with Gasteiger partial charge in [0.25, 0.3) is 0 Å². The van der Waals surface area contributed by atoms with Gasteiger partial charge >= 0.3 is 0 Å². The largest absolute Gasteiger partial charge is 0.393 e. The van der Waals surface area contributed by atoms with E-state index in [1.54, 1.807) is 0 Å². The van der Waals surface area contributed by atoms with Gasteiger partial charge in [-0.25, -0.2) is 0 Å². The lowest BCUT2D eigenvalue weighted by Crippen LogP contribution is -2.53. The molecule has 5 nitrogen and oxygen atoms in total. The summed E-state index contributed by atoms with van der Waals surface area (Å²) >= 11 is 0. The maximum absolute atomic E-state index is 11.1. The van der Waals surface area contributed by atoms with E-state index in [0.717, 1.165) is 65.0 Å². The van der Waals surface area contributed by atoms with Crippen LogP contribution in [0, 0.1) is 34.5 Å². The fourth-order valence-corrected chi connectivity index (χ4v) is 7.69. The average Bonchev–Trinajstić information content (AvgIpc) is 3.00. The van der Waals surface area contributed by atoms with Gasteiger partial charge in [-0.3, -0.25) is 4.90 Å². The molecule has 0 aromatic rings. The van der Waals surface area contributed by atoms with Crippen LogP contribution in [0.5, 0.6) is 0 Å². The van der Waals surface area contributed by atoms with Gasteiger partial charge in [0.15, 0.2) is 0 Å². The lowest BCUT2D eigenvalue weighted by molar-refractivity contribution is -0.121. The highest BCUT2D eigenvalue weighted by Crippen LogP contribution is 2.64. The molecule has 8 atom stereocenters. The Bertz CT molecular complexity index is 622. The highest BCUT2D eigenvalue weighted by atomic mass is 16.5. The highest BCUT2D eigenvalue weighted by Gasteiger charge is 2.58. The van der Waals surface area contributed by atoms with Crippen LogP contribution in [0.1, 0.15) is 58.8 Å². The number of aliphatic hydroxyl groups is 2. The predicted molar refractivity (Wildman–Crippen MR) is 120 cm³/mol. The first-order valence-electron chi connectivity index (χ1n) is 12.3. The molecule has 7 unspecified atom stereocenters. The molecule has 3 aliphatic carbocycles. The minimum Gasteiger partial charge on any atom is -0.393 e. The van der Waals surface area contributed by atoms with E-state index in [0.29, 0.717) is 36.6 Å². The minimum absolute atomic E-state index is 0.0988. The summed E-state index contributed by atoms with van der Waals surface area (Å²) in [6.07, 6.45) is 6.18. The van der Waals surface area contributed by atoms with Gasteiger partial charge in [0.1, 0.15) is 0 Å². The van der Waals surface area contributed by atoms with E-state index in [1.807, 2.05) is 0 Å². The van der Waals surface area contributed by atoms with E-state index in [2.05, 4.69) is 25.3 Å². The Labute approximate surface area is 183 Å². The molecule has 4 fully saturated rings. The Kier molecular flexibility index (Phi) is 6.68. The molecule has 3 saturated carbocycles. The van der Waals surface area contributed by atoms with Gasteiger partial charge in [0.05, 0.1) is 25.4 Å². The first kappa shape index (κ1) is 22.7. The van der Waals surface area contributed by atoms with Crippen molar-refractivity contribution < 1.29 is 14.9 Å². The van der Waals surface area contributed by atoms with Gasteiger partial charge in [-0.15, -0.1) is 0 Å². The summed E-state index contributed by atoms with van der Waals surface area (Å²) in [6, 6.07) is 0. The predicted octanol–water partition coefficient (Wildman–Crippen LogP) is 2.80. The minimum atomic E-state index is -0.406. The second-order valence-corrected chi connectivity index (χ2v) is 11.2. The van der Waals surface area contributed by atoms with Crippen LogP contribution in [0.4, 0.5) is 0 Å². The summed E-state index contributed by atoms with van der Waals surface area (Å²) in [6.45, 7) is 14.9. The van der Waals surface area contributed by atoms with Gasteiger partial charge in [-0.05, 0) is 92.5 Å². The number of hydrogen-bond donors (Lipinski definition) is 3. The molecule has 0 radical (unpaired) electrons. The highest BCUT2D eigenvalue weighted by molar-refractivity contribution is 5.24. The third kappa shape index (κ3) is 3.90. The standard InChI is InChI=1S/C25H44N2O3/c1-17-18(16-26)14-22-20(6-9-27-10-12-30-13-11-27)21(5-8-24(17,22)2)25(3)7-4-19(28)15-23(25)29/h18-23,28-29H,1,4-16,26H2,2-3H3/t18?,19?,20-,21?,22?,23?,24?,25?/m1/s1. The lowest BCUT2D eigenvalue weighted by Gasteiger charge is -2.56. The number of nitrogens with zero attached hydrogens (tertiary/aromatic N) is 1. The summed E-state index contributed by atoms with van der Waals surface area (Å²) in [4.78, 5) is 2.56. The molecule has 4 N–H and O–H groups in total. The van der Waals surface area contributed by atoms with Crippen LogP contribution in [-0.2, 0) is 4.74 Å². The molecular formula is C25H44N2O3. The Hall–Kier alpha value is -0.460. The van der Waals surface area contributed by atoms with Crippen LogP contribution in [-0.4, -0.2) is 66.7 Å². The van der Waals surface area contributed by atoms with Gasteiger partial charge in [0, 0.05) is 13.1 Å². The van der Waals surface area contributed by atoms with Crippen LogP contribution in [0.2, 0.25) is 0 Å². The number of morpholine rings is 1. The molecule has 172 valence electrons. The Morgan fingerprint density at radius 2 is 1.83 bits per heavy atom. The first-order chi connectivity index (χ1) is 14.3. The number of fused-ring (bicyclic) bond motifs is 1. The van der Waals surface area contributed by atoms with E-state index in [-0.39, 0.29) is 16.9 Å². The van der Waals surface area contributed by atoms with Crippen LogP contribution < -0.4 is 5.73 Å². The molecular weight excluding hydrogens is 376 g/mol. The molecule has 1 heterocycles. The second-order valence-electron chi connectivity index (χ2n) is 11.2. The van der Waals surface area contributed by atoms with Gasteiger partial charge in [-0.1, -0.05) is 26.0 Å². The third-order valence-electron chi connectivity index (χ3n) is 9.88. The summed E-state index contributed by atoms with van der Waals surface area (Å²) in [7, 11) is 0. The molecule has 0 spiro atoms.